The van der Waals surface area contributed by atoms with Gasteiger partial charge in [-0.25, -0.2) is 4.39 Å². The molecule has 30 heavy (non-hydrogen) atoms. The molecule has 0 radical (unpaired) electrons. The van der Waals surface area contributed by atoms with E-state index in [-0.39, 0.29) is 23.3 Å². The van der Waals surface area contributed by atoms with Gasteiger partial charge in [0, 0.05) is 30.3 Å². The number of halogens is 4. The van der Waals surface area contributed by atoms with Crippen molar-refractivity contribution >= 4 is 33.4 Å². The molecule has 1 fully saturated rings. The van der Waals surface area contributed by atoms with E-state index in [1.165, 1.54) is 36.2 Å². The molecule has 2 amide bonds. The van der Waals surface area contributed by atoms with E-state index < -0.39 is 29.2 Å². The van der Waals surface area contributed by atoms with Crippen LogP contribution < -0.4 is 5.32 Å². The van der Waals surface area contributed by atoms with E-state index in [1.807, 2.05) is 6.92 Å². The van der Waals surface area contributed by atoms with Crippen molar-refractivity contribution in [1.29, 1.82) is 0 Å². The molecule has 3 rings (SSSR count). The first-order valence-corrected chi connectivity index (χ1v) is 10.4. The first-order valence-electron chi connectivity index (χ1n) is 9.62. The summed E-state index contributed by atoms with van der Waals surface area (Å²) in [6.45, 7) is 4.15. The first kappa shape index (κ1) is 22.4. The van der Waals surface area contributed by atoms with Crippen molar-refractivity contribution in [3.8, 4) is 0 Å². The van der Waals surface area contributed by atoms with Crippen LogP contribution in [0.4, 0.5) is 18.9 Å². The van der Waals surface area contributed by atoms with Crippen LogP contribution in [0.3, 0.4) is 0 Å². The van der Waals surface area contributed by atoms with Crippen LogP contribution in [0.1, 0.15) is 41.5 Å². The number of hydrogen-bond acceptors (Lipinski definition) is 2. The second-order valence-corrected chi connectivity index (χ2v) is 8.61. The third-order valence-corrected chi connectivity index (χ3v) is 6.08. The van der Waals surface area contributed by atoms with Crippen LogP contribution in [-0.4, -0.2) is 34.4 Å². The van der Waals surface area contributed by atoms with Gasteiger partial charge in [0.2, 0.25) is 0 Å². The number of nitrogens with one attached hydrogen (secondary N) is 1. The number of carbonyl (C=O) groups is 2. The number of rotatable bonds is 4. The zero-order valence-corrected chi connectivity index (χ0v) is 18.5. The van der Waals surface area contributed by atoms with Crippen LogP contribution in [-0.2, 0) is 17.8 Å². The fourth-order valence-electron chi connectivity index (χ4n) is 3.57. The Labute approximate surface area is 181 Å². The lowest BCUT2D eigenvalue weighted by molar-refractivity contribution is -0.161. The van der Waals surface area contributed by atoms with Crippen LogP contribution in [0.5, 0.6) is 0 Å². The predicted molar refractivity (Wildman–Crippen MR) is 111 cm³/mol. The number of aromatic nitrogens is 1. The van der Waals surface area contributed by atoms with E-state index in [0.29, 0.717) is 30.0 Å². The average Bonchev–Trinajstić information content (AvgIpc) is 2.99. The van der Waals surface area contributed by atoms with Crippen LogP contribution in [0.2, 0.25) is 0 Å². The van der Waals surface area contributed by atoms with Gasteiger partial charge in [0.25, 0.3) is 11.8 Å². The van der Waals surface area contributed by atoms with Crippen molar-refractivity contribution in [1.82, 2.24) is 9.47 Å². The molecule has 0 atom stereocenters. The summed E-state index contributed by atoms with van der Waals surface area (Å²) < 4.78 is 44.7. The fraction of sp³-hybridized carbons (Fsp3) is 0.429. The van der Waals surface area contributed by atoms with Crippen molar-refractivity contribution in [2.45, 2.75) is 32.6 Å². The van der Waals surface area contributed by atoms with E-state index in [2.05, 4.69) is 21.2 Å². The molecule has 9 heteroatoms. The van der Waals surface area contributed by atoms with Crippen molar-refractivity contribution in [3.05, 3.63) is 51.5 Å². The van der Waals surface area contributed by atoms with Gasteiger partial charge in [0.15, 0.2) is 0 Å². The van der Waals surface area contributed by atoms with Gasteiger partial charge in [-0.05, 0) is 71.4 Å². The number of hydrogen-bond donors (Lipinski definition) is 1. The highest BCUT2D eigenvalue weighted by atomic mass is 79.9. The van der Waals surface area contributed by atoms with Crippen LogP contribution >= 0.6 is 15.9 Å². The standard InChI is InChI=1S/C21H23BrF3N3O2/c1-12-6-8-28(9-7-12)20(30)21(24,25)18-15(22)11-17(27(18)3)19(29)26-14-4-5-16(23)13(2)10-14/h4-5,10-12H,6-9H2,1-3H3,(H,26,29). The highest BCUT2D eigenvalue weighted by molar-refractivity contribution is 9.10. The average molecular weight is 486 g/mol. The molecule has 1 aromatic carbocycles. The van der Waals surface area contributed by atoms with Gasteiger partial charge in [-0.3, -0.25) is 9.59 Å². The van der Waals surface area contributed by atoms with E-state index in [0.717, 1.165) is 4.57 Å². The molecule has 1 aliphatic rings. The molecule has 0 bridgehead atoms. The lowest BCUT2D eigenvalue weighted by Crippen LogP contribution is -2.46. The molecule has 0 saturated carbocycles. The molecular weight excluding hydrogens is 463 g/mol. The number of likely N-dealkylation sites (tertiary alicyclic amines) is 1. The maximum atomic E-state index is 15.1. The second kappa shape index (κ2) is 8.45. The second-order valence-electron chi connectivity index (χ2n) is 7.75. The number of piperidine rings is 1. The van der Waals surface area contributed by atoms with Gasteiger partial charge in [-0.1, -0.05) is 6.92 Å². The molecule has 0 spiro atoms. The minimum atomic E-state index is -3.79. The summed E-state index contributed by atoms with van der Waals surface area (Å²) in [7, 11) is 1.31. The Morgan fingerprint density at radius 1 is 1.20 bits per heavy atom. The Morgan fingerprint density at radius 3 is 2.43 bits per heavy atom. The van der Waals surface area contributed by atoms with Gasteiger partial charge < -0.3 is 14.8 Å². The summed E-state index contributed by atoms with van der Waals surface area (Å²) in [6.07, 6.45) is 1.36. The van der Waals surface area contributed by atoms with E-state index in [1.54, 1.807) is 6.92 Å². The Hall–Kier alpha value is -2.29. The van der Waals surface area contributed by atoms with Gasteiger partial charge in [-0.2, -0.15) is 8.78 Å². The topological polar surface area (TPSA) is 54.3 Å². The number of nitrogens with zero attached hydrogens (tertiary/aromatic N) is 2. The molecule has 2 heterocycles. The monoisotopic (exact) mass is 485 g/mol. The third-order valence-electron chi connectivity index (χ3n) is 5.47. The van der Waals surface area contributed by atoms with Gasteiger partial charge >= 0.3 is 5.92 Å². The van der Waals surface area contributed by atoms with Gasteiger partial charge in [0.05, 0.1) is 0 Å². The number of aryl methyl sites for hydroxylation is 1. The summed E-state index contributed by atoms with van der Waals surface area (Å²) in [5, 5.41) is 2.57. The summed E-state index contributed by atoms with van der Waals surface area (Å²) >= 11 is 3.08. The maximum absolute atomic E-state index is 15.1. The summed E-state index contributed by atoms with van der Waals surface area (Å²) in [5.74, 6) is -5.72. The third kappa shape index (κ3) is 4.26. The Balaban J connectivity index is 1.85. The molecule has 1 N–H and O–H groups in total. The Bertz CT molecular complexity index is 982. The molecule has 5 nitrogen and oxygen atoms in total. The molecule has 162 valence electrons. The minimum absolute atomic E-state index is 0.0332. The number of benzene rings is 1. The van der Waals surface area contributed by atoms with E-state index in [9.17, 15) is 14.0 Å². The molecular formula is C21H23BrF3N3O2. The van der Waals surface area contributed by atoms with E-state index >= 15 is 8.78 Å². The number of alkyl halides is 2. The SMILES string of the molecule is Cc1cc(NC(=O)c2cc(Br)c(C(F)(F)C(=O)N3CCC(C)CC3)n2C)ccc1F. The zero-order valence-electron chi connectivity index (χ0n) is 16.9. The fourth-order valence-corrected chi connectivity index (χ4v) is 4.31. The molecule has 0 unspecified atom stereocenters. The molecule has 1 aliphatic heterocycles. The normalized spacial score (nSPS) is 15.4. The summed E-state index contributed by atoms with van der Waals surface area (Å²) in [6, 6.07) is 5.29. The number of amides is 2. The molecule has 1 aromatic heterocycles. The van der Waals surface area contributed by atoms with Gasteiger partial charge in [0.1, 0.15) is 17.2 Å². The smallest absolute Gasteiger partial charge is 0.337 e. The lowest BCUT2D eigenvalue weighted by atomic mass is 9.98. The molecule has 2 aromatic rings. The lowest BCUT2D eigenvalue weighted by Gasteiger charge is -2.33. The molecule has 0 aliphatic carbocycles. The van der Waals surface area contributed by atoms with Crippen molar-refractivity contribution < 1.29 is 22.8 Å². The summed E-state index contributed by atoms with van der Waals surface area (Å²) in [5.41, 5.74) is 0.0442. The van der Waals surface area contributed by atoms with Crippen LogP contribution in [0, 0.1) is 18.7 Å². The van der Waals surface area contributed by atoms with E-state index in [4.69, 9.17) is 0 Å². The quantitative estimate of drug-likeness (QED) is 0.673. The number of anilines is 1. The molecule has 1 saturated heterocycles. The predicted octanol–water partition coefficient (Wildman–Crippen LogP) is 4.84. The highest BCUT2D eigenvalue weighted by Gasteiger charge is 2.48. The minimum Gasteiger partial charge on any atom is -0.337 e. The van der Waals surface area contributed by atoms with Crippen LogP contribution in [0.25, 0.3) is 0 Å². The van der Waals surface area contributed by atoms with Crippen molar-refractivity contribution in [3.63, 3.8) is 0 Å². The van der Waals surface area contributed by atoms with Crippen molar-refractivity contribution in [2.24, 2.45) is 13.0 Å². The van der Waals surface area contributed by atoms with Crippen LogP contribution in [0.15, 0.2) is 28.7 Å². The van der Waals surface area contributed by atoms with Gasteiger partial charge in [-0.15, -0.1) is 0 Å². The first-order chi connectivity index (χ1) is 14.0. The number of carbonyl (C=O) groups excluding carboxylic acids is 2. The largest absolute Gasteiger partial charge is 0.365 e. The highest BCUT2D eigenvalue weighted by Crippen LogP contribution is 2.38. The Morgan fingerprint density at radius 2 is 1.83 bits per heavy atom. The zero-order chi connectivity index (χ0) is 22.2. The Kier molecular flexibility index (Phi) is 6.31. The summed E-state index contributed by atoms with van der Waals surface area (Å²) in [4.78, 5) is 26.4. The van der Waals surface area contributed by atoms with Crippen molar-refractivity contribution in [2.75, 3.05) is 18.4 Å². The maximum Gasteiger partial charge on any atom is 0.365 e.